The average Bonchev–Trinajstić information content (AvgIpc) is 3.24. The first-order valence-corrected chi connectivity index (χ1v) is 35.6. The van der Waals surface area contributed by atoms with E-state index in [0.717, 1.165) is 55.2 Å². The van der Waals surface area contributed by atoms with E-state index in [-0.39, 0.29) is 46.7 Å². The Morgan fingerprint density at radius 1 is 0.611 bits per heavy atom. The molecule has 0 bridgehead atoms. The summed E-state index contributed by atoms with van der Waals surface area (Å²) in [5.41, 5.74) is 1.47. The number of phenols is 2. The van der Waals surface area contributed by atoms with Gasteiger partial charge in [-0.1, -0.05) is 164 Å². The maximum Gasteiger partial charge on any atom is 0.534 e. The smallest absolute Gasteiger partial charge is 0.534 e. The van der Waals surface area contributed by atoms with Crippen molar-refractivity contribution in [1.82, 2.24) is 0 Å². The van der Waals surface area contributed by atoms with Crippen molar-refractivity contribution in [3.63, 3.8) is 0 Å². The molecular formula is C59H95F3O7SSi2. The van der Waals surface area contributed by atoms with Gasteiger partial charge in [-0.3, -0.25) is 0 Å². The van der Waals surface area contributed by atoms with Crippen LogP contribution in [0.1, 0.15) is 204 Å². The summed E-state index contributed by atoms with van der Waals surface area (Å²) in [6.07, 6.45) is 34.0. The zero-order valence-corrected chi connectivity index (χ0v) is 49.2. The van der Waals surface area contributed by atoms with E-state index < -0.39 is 38.0 Å². The predicted molar refractivity (Wildman–Crippen MR) is 300 cm³/mol. The van der Waals surface area contributed by atoms with Crippen LogP contribution in [0.2, 0.25) is 39.3 Å². The molecule has 4 atom stereocenters. The normalized spacial score (nSPS) is 18.6. The Bertz CT molecular complexity index is 2140. The molecule has 0 fully saturated rings. The standard InChI is InChI=1S/C36H60O2.C23H35F3O5SSi2/c1-5-6-7-8-9-10-11-12-13-14-15-16-17-18-19-20-21-22-23-31-27-34(37)36(35(38)28-31)33-26-30(4)24-25-32(33)29(2)3;1-15(2)18-11-10-16(3)12-19(18)22-20(30-33(4,5)6)13-17(14-21(22)31-34(7,8)9)29-32(27,28)23(24,25)26/h26-28,32-33,37-38H,2,5-25H2,1,3-4H3;12-14,18-19H,1,10-11H2,2-9H3/t32-,33-;18-,19-/m00/s1. The highest BCUT2D eigenvalue weighted by Crippen LogP contribution is 2.50. The van der Waals surface area contributed by atoms with Gasteiger partial charge in [0, 0.05) is 35.1 Å². The molecule has 2 aliphatic rings. The summed E-state index contributed by atoms with van der Waals surface area (Å²) in [6, 6.07) is 6.24. The van der Waals surface area contributed by atoms with E-state index in [1.54, 1.807) is 0 Å². The molecule has 72 heavy (non-hydrogen) atoms. The summed E-state index contributed by atoms with van der Waals surface area (Å²) in [4.78, 5) is 0. The number of aromatic hydroxyl groups is 2. The summed E-state index contributed by atoms with van der Waals surface area (Å²) < 4.78 is 79.7. The molecule has 0 saturated heterocycles. The van der Waals surface area contributed by atoms with Gasteiger partial charge in [0.05, 0.1) is 0 Å². The van der Waals surface area contributed by atoms with Crippen molar-refractivity contribution in [2.75, 3.05) is 0 Å². The number of halogens is 3. The van der Waals surface area contributed by atoms with Crippen LogP contribution in [0.15, 0.2) is 71.9 Å². The molecule has 2 aromatic carbocycles. The van der Waals surface area contributed by atoms with Gasteiger partial charge >= 0.3 is 15.6 Å². The molecule has 0 saturated carbocycles. The van der Waals surface area contributed by atoms with Crippen molar-refractivity contribution in [2.24, 2.45) is 11.8 Å². The lowest BCUT2D eigenvalue weighted by atomic mass is 9.73. The molecule has 2 aromatic rings. The van der Waals surface area contributed by atoms with Crippen LogP contribution in [0.5, 0.6) is 28.7 Å². The Morgan fingerprint density at radius 3 is 1.29 bits per heavy atom. The number of allylic oxidation sites excluding steroid dienone is 6. The van der Waals surface area contributed by atoms with Crippen molar-refractivity contribution < 1.29 is 44.8 Å². The van der Waals surface area contributed by atoms with Crippen molar-refractivity contribution >= 4 is 26.8 Å². The van der Waals surface area contributed by atoms with Crippen LogP contribution in [0, 0.1) is 11.8 Å². The quantitative estimate of drug-likeness (QED) is 0.0275. The van der Waals surface area contributed by atoms with Gasteiger partial charge in [-0.15, -0.1) is 0 Å². The van der Waals surface area contributed by atoms with Crippen LogP contribution >= 0.6 is 0 Å². The predicted octanol–water partition coefficient (Wildman–Crippen LogP) is 19.1. The summed E-state index contributed by atoms with van der Waals surface area (Å²) in [7, 11) is -10.4. The SMILES string of the molecule is C=C(C)[C@@H]1CCC(C)=C[C@@H]1c1c(O)cc(CCCCCCCCCCCCCCCCCCCC)cc1O.C=C(C)[C@@H]1CCC(C)=C[C@@H]1c1c(O[Si](C)(C)C)cc(OS(=O)(=O)C(F)(F)F)cc1O[Si](C)(C)C. The van der Waals surface area contributed by atoms with Crippen LogP contribution in [-0.4, -0.2) is 40.8 Å². The average molecular weight is 1060 g/mol. The molecular weight excluding hydrogens is 966 g/mol. The molecule has 0 unspecified atom stereocenters. The lowest BCUT2D eigenvalue weighted by molar-refractivity contribution is -0.0500. The van der Waals surface area contributed by atoms with Gasteiger partial charge in [0.15, 0.2) is 0 Å². The second kappa shape index (κ2) is 29.6. The number of hydrogen-bond acceptors (Lipinski definition) is 7. The van der Waals surface area contributed by atoms with Crippen LogP contribution in [0.3, 0.4) is 0 Å². The first kappa shape index (κ1) is 62.9. The van der Waals surface area contributed by atoms with Crippen molar-refractivity contribution in [3.05, 3.63) is 88.6 Å². The van der Waals surface area contributed by atoms with E-state index in [4.69, 9.17) is 8.85 Å². The molecule has 0 spiro atoms. The highest BCUT2D eigenvalue weighted by Gasteiger charge is 2.49. The molecule has 0 aromatic heterocycles. The minimum Gasteiger partial charge on any atom is -0.544 e. The zero-order chi connectivity index (χ0) is 53.9. The number of phenolic OH excluding ortho intramolecular Hbond substituents is 2. The zero-order valence-electron chi connectivity index (χ0n) is 46.4. The van der Waals surface area contributed by atoms with Crippen molar-refractivity contribution in [1.29, 1.82) is 0 Å². The lowest BCUT2D eigenvalue weighted by Crippen LogP contribution is -2.33. The highest BCUT2D eigenvalue weighted by atomic mass is 32.2. The molecule has 0 radical (unpaired) electrons. The fourth-order valence-corrected chi connectivity index (χ4v) is 12.3. The molecule has 7 nitrogen and oxygen atoms in total. The largest absolute Gasteiger partial charge is 0.544 e. The number of benzene rings is 2. The van der Waals surface area contributed by atoms with E-state index in [1.165, 1.54) is 132 Å². The molecule has 2 aliphatic carbocycles. The maximum absolute atomic E-state index is 13.0. The fraction of sp³-hybridized carbons (Fsp3) is 0.661. The highest BCUT2D eigenvalue weighted by molar-refractivity contribution is 7.88. The maximum atomic E-state index is 13.0. The van der Waals surface area contributed by atoms with E-state index in [1.807, 2.05) is 65.3 Å². The Balaban J connectivity index is 0.000000383. The van der Waals surface area contributed by atoms with E-state index in [0.29, 0.717) is 11.1 Å². The third-order valence-corrected chi connectivity index (χ3v) is 16.5. The summed E-state index contributed by atoms with van der Waals surface area (Å²) in [5.74, 6) is 0.727. The number of hydrogen-bond donors (Lipinski definition) is 2. The molecule has 408 valence electrons. The fourth-order valence-electron chi connectivity index (χ4n) is 10.2. The first-order chi connectivity index (χ1) is 33.6. The molecule has 0 amide bonds. The molecule has 0 heterocycles. The second-order valence-corrected chi connectivity index (χ2v) is 33.5. The van der Waals surface area contributed by atoms with E-state index >= 15 is 0 Å². The number of rotatable bonds is 29. The Morgan fingerprint density at radius 2 is 0.958 bits per heavy atom. The van der Waals surface area contributed by atoms with Gasteiger partial charge < -0.3 is 23.2 Å². The van der Waals surface area contributed by atoms with Crippen LogP contribution in [0.25, 0.3) is 0 Å². The molecule has 2 N–H and O–H groups in total. The van der Waals surface area contributed by atoms with Crippen LogP contribution in [0.4, 0.5) is 13.2 Å². The number of aryl methyl sites for hydroxylation is 1. The number of alkyl halides is 3. The van der Waals surface area contributed by atoms with Gasteiger partial charge in [-0.25, -0.2) is 0 Å². The Kier molecular flexibility index (Phi) is 25.9. The van der Waals surface area contributed by atoms with Gasteiger partial charge in [0.2, 0.25) is 16.6 Å². The van der Waals surface area contributed by atoms with E-state index in [2.05, 4.69) is 50.3 Å². The van der Waals surface area contributed by atoms with Gasteiger partial charge in [0.25, 0.3) is 0 Å². The third kappa shape index (κ3) is 21.8. The number of unbranched alkanes of at least 4 members (excludes halogenated alkanes) is 17. The van der Waals surface area contributed by atoms with Gasteiger partial charge in [0.1, 0.15) is 28.7 Å². The molecule has 13 heteroatoms. The monoisotopic (exact) mass is 1060 g/mol. The Labute approximate surface area is 437 Å². The minimum atomic E-state index is -5.86. The van der Waals surface area contributed by atoms with Gasteiger partial charge in [-0.05, 0) is 135 Å². The van der Waals surface area contributed by atoms with Crippen LogP contribution < -0.4 is 13.0 Å². The lowest BCUT2D eigenvalue weighted by Gasteiger charge is -2.35. The molecule has 0 aliphatic heterocycles. The van der Waals surface area contributed by atoms with E-state index in [9.17, 15) is 31.8 Å². The van der Waals surface area contributed by atoms with Crippen molar-refractivity contribution in [2.45, 2.75) is 239 Å². The van der Waals surface area contributed by atoms with Gasteiger partial charge in [-0.2, -0.15) is 21.6 Å². The van der Waals surface area contributed by atoms with Crippen LogP contribution in [-0.2, 0) is 16.5 Å². The summed E-state index contributed by atoms with van der Waals surface area (Å²) in [6.45, 7) is 30.4. The second-order valence-electron chi connectivity index (χ2n) is 23.1. The minimum absolute atomic E-state index is 0.0143. The summed E-state index contributed by atoms with van der Waals surface area (Å²) in [5, 5.41) is 21.7. The topological polar surface area (TPSA) is 102 Å². The summed E-state index contributed by atoms with van der Waals surface area (Å²) >= 11 is 0. The Hall–Kier alpha value is -3.43. The third-order valence-electron chi connectivity index (χ3n) is 13.8. The van der Waals surface area contributed by atoms with Crippen molar-refractivity contribution in [3.8, 4) is 28.7 Å². The first-order valence-electron chi connectivity index (χ1n) is 27.4. The molecule has 4 rings (SSSR count).